The summed E-state index contributed by atoms with van der Waals surface area (Å²) in [6.45, 7) is 6.33. The molecule has 304 valence electrons. The van der Waals surface area contributed by atoms with E-state index >= 15 is 0 Å². The Morgan fingerprint density at radius 3 is 2.13 bits per heavy atom. The Balaban J connectivity index is 1.81. The van der Waals surface area contributed by atoms with Crippen LogP contribution in [0, 0.1) is 5.41 Å². The number of rotatable bonds is 27. The molecule has 0 saturated carbocycles. The number of benzene rings is 2. The minimum atomic E-state index is -2.22. The number of amides is 2. The summed E-state index contributed by atoms with van der Waals surface area (Å²) in [6, 6.07) is 10.4. The number of halogens is 1. The lowest BCUT2D eigenvalue weighted by atomic mass is 9.86. The van der Waals surface area contributed by atoms with Gasteiger partial charge in [-0.25, -0.2) is 14.4 Å². The summed E-state index contributed by atoms with van der Waals surface area (Å²) >= 11 is 6.73. The molecule has 12 nitrogen and oxygen atoms in total. The zero-order chi connectivity index (χ0) is 40.2. The van der Waals surface area contributed by atoms with Gasteiger partial charge in [0.05, 0.1) is 19.3 Å². The zero-order valence-corrected chi connectivity index (χ0v) is 33.6. The first-order valence-corrected chi connectivity index (χ1v) is 20.2. The molecule has 1 saturated heterocycles. The molecule has 0 spiro atoms. The normalized spacial score (nSPS) is 16.3. The number of esters is 2. The molecular weight excluding hydrogens is 728 g/mol. The van der Waals surface area contributed by atoms with Gasteiger partial charge in [-0.1, -0.05) is 115 Å². The van der Waals surface area contributed by atoms with E-state index in [2.05, 4.69) is 6.92 Å². The average molecular weight is 787 g/mol. The Morgan fingerprint density at radius 1 is 0.909 bits per heavy atom. The van der Waals surface area contributed by atoms with Crippen molar-refractivity contribution in [3.05, 3.63) is 64.2 Å². The van der Waals surface area contributed by atoms with Crippen molar-refractivity contribution in [3.63, 3.8) is 0 Å². The second kappa shape index (κ2) is 23.8. The molecule has 1 fully saturated rings. The summed E-state index contributed by atoms with van der Waals surface area (Å²) < 4.78 is 27.9. The fraction of sp³-hybridized carbons (Fsp3) is 0.595. The van der Waals surface area contributed by atoms with Crippen molar-refractivity contribution >= 4 is 41.8 Å². The van der Waals surface area contributed by atoms with Gasteiger partial charge in [0.1, 0.15) is 5.75 Å². The zero-order valence-electron chi connectivity index (χ0n) is 32.8. The van der Waals surface area contributed by atoms with Gasteiger partial charge in [0.25, 0.3) is 12.3 Å². The largest absolute Gasteiger partial charge is 0.497 e. The fourth-order valence-corrected chi connectivity index (χ4v) is 6.65. The first-order valence-electron chi connectivity index (χ1n) is 19.8. The van der Waals surface area contributed by atoms with Crippen molar-refractivity contribution < 1.29 is 48.0 Å². The first-order chi connectivity index (χ1) is 26.6. The van der Waals surface area contributed by atoms with E-state index in [0.717, 1.165) is 44.7 Å². The smallest absolute Gasteiger partial charge is 0.421 e. The maximum absolute atomic E-state index is 13.7. The highest BCUT2D eigenvalue weighted by Gasteiger charge is 2.48. The molecule has 13 heteroatoms. The van der Waals surface area contributed by atoms with E-state index in [1.807, 2.05) is 13.8 Å². The Morgan fingerprint density at radius 2 is 1.53 bits per heavy atom. The highest BCUT2D eigenvalue weighted by molar-refractivity contribution is 6.31. The van der Waals surface area contributed by atoms with Crippen LogP contribution in [-0.2, 0) is 34.1 Å². The van der Waals surface area contributed by atoms with Crippen molar-refractivity contribution in [2.45, 2.75) is 148 Å². The number of methoxy groups -OCH3 is 1. The predicted octanol–water partition coefficient (Wildman–Crippen LogP) is 9.25. The monoisotopic (exact) mass is 786 g/mol. The van der Waals surface area contributed by atoms with Crippen LogP contribution in [0.15, 0.2) is 42.5 Å². The lowest BCUT2D eigenvalue weighted by Crippen LogP contribution is -2.48. The molecule has 2 aromatic rings. The average Bonchev–Trinajstić information content (AvgIpc) is 3.48. The number of hydrogen-bond acceptors (Lipinski definition) is 11. The Kier molecular flexibility index (Phi) is 19.7. The van der Waals surface area contributed by atoms with Crippen molar-refractivity contribution in [3.8, 4) is 5.75 Å². The van der Waals surface area contributed by atoms with Crippen molar-refractivity contribution in [1.82, 2.24) is 4.90 Å². The van der Waals surface area contributed by atoms with Gasteiger partial charge < -0.3 is 34.2 Å². The molecule has 4 unspecified atom stereocenters. The summed E-state index contributed by atoms with van der Waals surface area (Å²) in [5, 5.41) is 19.9. The van der Waals surface area contributed by atoms with Crippen molar-refractivity contribution in [1.29, 1.82) is 5.41 Å². The van der Waals surface area contributed by atoms with E-state index in [4.69, 9.17) is 40.7 Å². The van der Waals surface area contributed by atoms with Gasteiger partial charge in [-0.3, -0.25) is 4.79 Å². The van der Waals surface area contributed by atoms with Crippen LogP contribution in [-0.4, -0.2) is 72.5 Å². The van der Waals surface area contributed by atoms with Crippen LogP contribution in [0.2, 0.25) is 5.02 Å². The van der Waals surface area contributed by atoms with Crippen LogP contribution in [0.4, 0.5) is 4.79 Å². The third-order valence-electron chi connectivity index (χ3n) is 9.68. The number of aliphatic hydroxyl groups excluding tert-OH is 1. The van der Waals surface area contributed by atoms with Gasteiger partial charge in [0.15, 0.2) is 17.8 Å². The molecule has 3 rings (SSSR count). The minimum absolute atomic E-state index is 0.0130. The van der Waals surface area contributed by atoms with Crippen LogP contribution in [0.25, 0.3) is 0 Å². The number of aliphatic hydroxyl groups is 1. The topological polar surface area (TPSA) is 162 Å². The number of nitrogens with zero attached hydrogens (tertiary/aromatic N) is 1. The van der Waals surface area contributed by atoms with Gasteiger partial charge in [-0.05, 0) is 68.0 Å². The molecule has 0 aromatic heterocycles. The van der Waals surface area contributed by atoms with Gasteiger partial charge in [-0.15, -0.1) is 0 Å². The minimum Gasteiger partial charge on any atom is -0.497 e. The third-order valence-corrected chi connectivity index (χ3v) is 10.0. The number of nitrogens with one attached hydrogen (secondary N) is 1. The SMILES string of the molecule is CCCCCCCCCCCCOC(=O)C(CCCC)OC(=O)c1ccc(Cl)c(C(C=N)(OC(O)N2C(=O)OC(CCCC)C2=O)c2ccc(OC)cc2)c1. The second-order valence-electron chi connectivity index (χ2n) is 13.9. The first kappa shape index (κ1) is 45.4. The number of hydrogen-bond donors (Lipinski definition) is 2. The molecule has 2 aromatic carbocycles. The Hall–Kier alpha value is -4.00. The highest BCUT2D eigenvalue weighted by Crippen LogP contribution is 2.39. The summed E-state index contributed by atoms with van der Waals surface area (Å²) in [5.41, 5.74) is -1.83. The molecule has 0 aliphatic carbocycles. The molecule has 4 atom stereocenters. The molecule has 0 bridgehead atoms. The van der Waals surface area contributed by atoms with E-state index in [1.165, 1.54) is 63.8 Å². The quantitative estimate of drug-likeness (QED) is 0.0294. The van der Waals surface area contributed by atoms with Crippen LogP contribution in [0.1, 0.15) is 145 Å². The van der Waals surface area contributed by atoms with Gasteiger partial charge >= 0.3 is 18.0 Å². The Bertz CT molecular complexity index is 1540. The molecule has 55 heavy (non-hydrogen) atoms. The molecule has 2 N–H and O–H groups in total. The molecule has 1 aliphatic heterocycles. The van der Waals surface area contributed by atoms with Crippen molar-refractivity contribution in [2.24, 2.45) is 0 Å². The van der Waals surface area contributed by atoms with Gasteiger partial charge in [-0.2, -0.15) is 4.90 Å². The summed E-state index contributed by atoms with van der Waals surface area (Å²) in [6.07, 6.45) is 10.0. The third kappa shape index (κ3) is 13.0. The number of imide groups is 1. The predicted molar refractivity (Wildman–Crippen MR) is 209 cm³/mol. The van der Waals surface area contributed by atoms with Gasteiger partial charge in [0, 0.05) is 16.8 Å². The standard InChI is InChI=1S/C42H59ClN2O10/c1-5-8-11-12-13-14-15-16-17-18-27-52-39(48)36(20-10-7-3)53-38(47)30-21-26-34(43)33(28-30)42(29-44,31-22-24-32(51-4)25-23-31)55-41(50)45-37(46)35(19-9-6-2)54-40(45)49/h21-26,28-29,35-36,41,44,50H,5-20,27H2,1-4H3. The molecule has 1 heterocycles. The molecule has 1 aliphatic rings. The molecule has 2 amide bonds. The van der Waals surface area contributed by atoms with E-state index in [-0.39, 0.29) is 41.2 Å². The Labute approximate surface area is 330 Å². The number of carbonyl (C=O) groups is 4. The van der Waals surface area contributed by atoms with Crippen molar-refractivity contribution in [2.75, 3.05) is 13.7 Å². The molecular formula is C42H59ClN2O10. The maximum atomic E-state index is 13.7. The lowest BCUT2D eigenvalue weighted by molar-refractivity contribution is -0.209. The lowest BCUT2D eigenvalue weighted by Gasteiger charge is -2.35. The number of unbranched alkanes of at least 4 members (excludes halogenated alkanes) is 11. The van der Waals surface area contributed by atoms with E-state index < -0.39 is 48.2 Å². The summed E-state index contributed by atoms with van der Waals surface area (Å²) in [4.78, 5) is 53.2. The fourth-order valence-electron chi connectivity index (χ4n) is 6.39. The second-order valence-corrected chi connectivity index (χ2v) is 14.3. The van der Waals surface area contributed by atoms with Crippen LogP contribution in [0.5, 0.6) is 5.75 Å². The number of cyclic esters (lactones) is 1. The van der Waals surface area contributed by atoms with E-state index in [0.29, 0.717) is 23.5 Å². The summed E-state index contributed by atoms with van der Waals surface area (Å²) in [5.74, 6) is -1.78. The molecule has 0 radical (unpaired) electrons. The number of carbonyl (C=O) groups excluding carboxylic acids is 4. The van der Waals surface area contributed by atoms with E-state index in [9.17, 15) is 24.3 Å². The maximum Gasteiger partial charge on any atom is 0.421 e. The van der Waals surface area contributed by atoms with Crippen LogP contribution in [0.3, 0.4) is 0 Å². The van der Waals surface area contributed by atoms with Crippen LogP contribution >= 0.6 is 11.6 Å². The number of ether oxygens (including phenoxy) is 5. The highest BCUT2D eigenvalue weighted by atomic mass is 35.5. The summed E-state index contributed by atoms with van der Waals surface area (Å²) in [7, 11) is 1.48. The van der Waals surface area contributed by atoms with Gasteiger partial charge in [0.2, 0.25) is 0 Å². The van der Waals surface area contributed by atoms with E-state index in [1.54, 1.807) is 24.3 Å². The van der Waals surface area contributed by atoms with Crippen LogP contribution < -0.4 is 4.74 Å².